The van der Waals surface area contributed by atoms with Crippen molar-refractivity contribution in [3.8, 4) is 5.75 Å². The summed E-state index contributed by atoms with van der Waals surface area (Å²) in [7, 11) is 0. The third kappa shape index (κ3) is 4.36. The molecule has 21 heavy (non-hydrogen) atoms. The number of para-hydroxylation sites is 1. The van der Waals surface area contributed by atoms with Gasteiger partial charge in [-0.2, -0.15) is 0 Å². The molecule has 0 spiro atoms. The second-order valence-corrected chi connectivity index (χ2v) is 4.75. The molecule has 0 heterocycles. The highest BCUT2D eigenvalue weighted by Gasteiger charge is 2.07. The van der Waals surface area contributed by atoms with Crippen molar-refractivity contribution < 1.29 is 13.9 Å². The Morgan fingerprint density at radius 3 is 2.81 bits per heavy atom. The Labute approximate surface area is 126 Å². The van der Waals surface area contributed by atoms with E-state index in [1.807, 2.05) is 0 Å². The van der Waals surface area contributed by atoms with Gasteiger partial charge in [-0.15, -0.1) is 0 Å². The molecule has 0 saturated carbocycles. The Hall–Kier alpha value is -2.27. The van der Waals surface area contributed by atoms with Crippen LogP contribution in [0, 0.1) is 5.82 Å². The molecule has 0 saturated heterocycles. The number of benzene rings is 2. The molecule has 2 aromatic carbocycles. The number of carbonyl (C=O) groups is 1. The van der Waals surface area contributed by atoms with Gasteiger partial charge in [-0.1, -0.05) is 23.7 Å². The standard InChI is InChI=1S/C15H14ClFN2O2/c16-10-5-6-12(18)13(9-10)19-15(20)7-8-21-14-4-2-1-3-11(14)17/h1-6,9H,7-8,18H2,(H,19,20). The molecule has 0 atom stereocenters. The number of nitrogens with two attached hydrogens (primary N) is 1. The van der Waals surface area contributed by atoms with Gasteiger partial charge in [0.15, 0.2) is 11.6 Å². The van der Waals surface area contributed by atoms with Crippen molar-refractivity contribution in [2.45, 2.75) is 6.42 Å². The van der Waals surface area contributed by atoms with Crippen molar-refractivity contribution in [2.75, 3.05) is 17.7 Å². The molecule has 0 aliphatic heterocycles. The lowest BCUT2D eigenvalue weighted by Gasteiger charge is -2.09. The topological polar surface area (TPSA) is 64.3 Å². The lowest BCUT2D eigenvalue weighted by molar-refractivity contribution is -0.116. The highest BCUT2D eigenvalue weighted by molar-refractivity contribution is 6.31. The molecule has 0 unspecified atom stereocenters. The van der Waals surface area contributed by atoms with Crippen molar-refractivity contribution in [2.24, 2.45) is 0 Å². The normalized spacial score (nSPS) is 10.2. The number of anilines is 2. The molecule has 1 amide bonds. The Morgan fingerprint density at radius 1 is 1.29 bits per heavy atom. The van der Waals surface area contributed by atoms with E-state index in [-0.39, 0.29) is 24.7 Å². The fourth-order valence-corrected chi connectivity index (χ4v) is 1.84. The SMILES string of the molecule is Nc1ccc(Cl)cc1NC(=O)CCOc1ccccc1F. The first-order chi connectivity index (χ1) is 10.1. The third-order valence-corrected chi connectivity index (χ3v) is 2.95. The highest BCUT2D eigenvalue weighted by Crippen LogP contribution is 2.23. The molecule has 0 aliphatic rings. The number of ether oxygens (including phenoxy) is 1. The van der Waals surface area contributed by atoms with Crippen LogP contribution in [0.25, 0.3) is 0 Å². The van der Waals surface area contributed by atoms with Crippen LogP contribution >= 0.6 is 11.6 Å². The van der Waals surface area contributed by atoms with E-state index >= 15 is 0 Å². The summed E-state index contributed by atoms with van der Waals surface area (Å²) in [6.45, 7) is 0.0627. The largest absolute Gasteiger partial charge is 0.490 e. The van der Waals surface area contributed by atoms with Crippen LogP contribution in [-0.4, -0.2) is 12.5 Å². The predicted octanol–water partition coefficient (Wildman–Crippen LogP) is 3.47. The molecule has 4 nitrogen and oxygen atoms in total. The quantitative estimate of drug-likeness (QED) is 0.831. The first kappa shape index (κ1) is 15.1. The number of carbonyl (C=O) groups excluding carboxylic acids is 1. The number of amides is 1. The van der Waals surface area contributed by atoms with E-state index < -0.39 is 5.82 Å². The Bertz CT molecular complexity index is 649. The fourth-order valence-electron chi connectivity index (χ4n) is 1.66. The Kier molecular flexibility index (Phi) is 5.00. The molecular formula is C15H14ClFN2O2. The number of hydrogen-bond donors (Lipinski definition) is 2. The van der Waals surface area contributed by atoms with E-state index in [4.69, 9.17) is 22.1 Å². The molecule has 2 rings (SSSR count). The molecular weight excluding hydrogens is 295 g/mol. The van der Waals surface area contributed by atoms with Crippen LogP contribution < -0.4 is 15.8 Å². The van der Waals surface area contributed by atoms with Gasteiger partial charge in [0.2, 0.25) is 5.91 Å². The monoisotopic (exact) mass is 308 g/mol. The van der Waals surface area contributed by atoms with Crippen LogP contribution in [0.2, 0.25) is 5.02 Å². The number of nitrogen functional groups attached to an aromatic ring is 1. The van der Waals surface area contributed by atoms with E-state index in [0.29, 0.717) is 16.4 Å². The molecule has 6 heteroatoms. The minimum Gasteiger partial charge on any atom is -0.490 e. The number of hydrogen-bond acceptors (Lipinski definition) is 3. The zero-order valence-electron chi connectivity index (χ0n) is 11.1. The average Bonchev–Trinajstić information content (AvgIpc) is 2.45. The minimum atomic E-state index is -0.461. The fraction of sp³-hybridized carbons (Fsp3) is 0.133. The highest BCUT2D eigenvalue weighted by atomic mass is 35.5. The Balaban J connectivity index is 1.85. The third-order valence-electron chi connectivity index (χ3n) is 2.71. The smallest absolute Gasteiger partial charge is 0.227 e. The van der Waals surface area contributed by atoms with Crippen LogP contribution in [0.1, 0.15) is 6.42 Å². The first-order valence-corrected chi connectivity index (χ1v) is 6.66. The van der Waals surface area contributed by atoms with E-state index in [2.05, 4.69) is 5.32 Å². The zero-order valence-corrected chi connectivity index (χ0v) is 11.9. The number of halogens is 2. The van der Waals surface area contributed by atoms with E-state index in [0.717, 1.165) is 0 Å². The molecule has 110 valence electrons. The second-order valence-electron chi connectivity index (χ2n) is 4.31. The van der Waals surface area contributed by atoms with Crippen LogP contribution in [0.15, 0.2) is 42.5 Å². The maximum Gasteiger partial charge on any atom is 0.227 e. The van der Waals surface area contributed by atoms with E-state index in [1.165, 1.54) is 12.1 Å². The summed E-state index contributed by atoms with van der Waals surface area (Å²) in [6, 6.07) is 10.8. The molecule has 0 bridgehead atoms. The summed E-state index contributed by atoms with van der Waals surface area (Å²) in [5.41, 5.74) is 6.59. The maximum atomic E-state index is 13.3. The van der Waals surface area contributed by atoms with E-state index in [1.54, 1.807) is 30.3 Å². The van der Waals surface area contributed by atoms with Gasteiger partial charge < -0.3 is 15.8 Å². The lowest BCUT2D eigenvalue weighted by Crippen LogP contribution is -2.16. The van der Waals surface area contributed by atoms with Crippen molar-refractivity contribution in [3.05, 3.63) is 53.3 Å². The van der Waals surface area contributed by atoms with Gasteiger partial charge in [-0.3, -0.25) is 4.79 Å². The lowest BCUT2D eigenvalue weighted by atomic mass is 10.2. The van der Waals surface area contributed by atoms with Crippen LogP contribution in [-0.2, 0) is 4.79 Å². The van der Waals surface area contributed by atoms with Crippen molar-refractivity contribution in [1.82, 2.24) is 0 Å². The summed E-state index contributed by atoms with van der Waals surface area (Å²) >= 11 is 5.83. The summed E-state index contributed by atoms with van der Waals surface area (Å²) in [5.74, 6) is -0.634. The molecule has 0 aliphatic carbocycles. The predicted molar refractivity (Wildman–Crippen MR) is 81.0 cm³/mol. The van der Waals surface area contributed by atoms with Crippen molar-refractivity contribution in [1.29, 1.82) is 0 Å². The average molecular weight is 309 g/mol. The van der Waals surface area contributed by atoms with Crippen LogP contribution in [0.3, 0.4) is 0 Å². The van der Waals surface area contributed by atoms with Gasteiger partial charge in [-0.05, 0) is 30.3 Å². The van der Waals surface area contributed by atoms with Gasteiger partial charge in [-0.25, -0.2) is 4.39 Å². The van der Waals surface area contributed by atoms with Gasteiger partial charge in [0.05, 0.1) is 24.4 Å². The molecule has 0 radical (unpaired) electrons. The molecule has 3 N–H and O–H groups in total. The van der Waals surface area contributed by atoms with Gasteiger partial charge in [0.25, 0.3) is 0 Å². The molecule has 0 fully saturated rings. The summed E-state index contributed by atoms with van der Waals surface area (Å²) < 4.78 is 18.5. The van der Waals surface area contributed by atoms with Gasteiger partial charge in [0, 0.05) is 5.02 Å². The Morgan fingerprint density at radius 2 is 2.05 bits per heavy atom. The van der Waals surface area contributed by atoms with Gasteiger partial charge >= 0.3 is 0 Å². The number of nitrogens with one attached hydrogen (secondary N) is 1. The van der Waals surface area contributed by atoms with Crippen molar-refractivity contribution >= 4 is 28.9 Å². The number of rotatable bonds is 5. The maximum absolute atomic E-state index is 13.3. The van der Waals surface area contributed by atoms with Gasteiger partial charge in [0.1, 0.15) is 0 Å². The summed E-state index contributed by atoms with van der Waals surface area (Å²) in [4.78, 5) is 11.8. The van der Waals surface area contributed by atoms with Crippen LogP contribution in [0.4, 0.5) is 15.8 Å². The minimum absolute atomic E-state index is 0.0627. The summed E-state index contributed by atoms with van der Waals surface area (Å²) in [5, 5.41) is 3.10. The van der Waals surface area contributed by atoms with Crippen molar-refractivity contribution in [3.63, 3.8) is 0 Å². The van der Waals surface area contributed by atoms with E-state index in [9.17, 15) is 9.18 Å². The molecule has 0 aromatic heterocycles. The zero-order chi connectivity index (χ0) is 15.2. The summed E-state index contributed by atoms with van der Waals surface area (Å²) in [6.07, 6.45) is 0.0697. The second kappa shape index (κ2) is 6.95. The van der Waals surface area contributed by atoms with Crippen LogP contribution in [0.5, 0.6) is 5.75 Å². The first-order valence-electron chi connectivity index (χ1n) is 6.28. The molecule has 2 aromatic rings.